The molecule has 21 heavy (non-hydrogen) atoms. The average molecular weight is 296 g/mol. The molecule has 0 aromatic heterocycles. The van der Waals surface area contributed by atoms with Gasteiger partial charge in [-0.1, -0.05) is 12.8 Å². The third-order valence-electron chi connectivity index (χ3n) is 5.27. The number of aliphatic hydroxyl groups excluding tert-OH is 1. The van der Waals surface area contributed by atoms with E-state index in [-0.39, 0.29) is 18.6 Å². The third kappa shape index (κ3) is 3.58. The summed E-state index contributed by atoms with van der Waals surface area (Å²) in [5, 5.41) is 9.31. The Bertz CT molecular complexity index is 361. The van der Waals surface area contributed by atoms with E-state index in [1.54, 1.807) is 0 Å². The Balaban J connectivity index is 1.56. The Labute approximate surface area is 127 Å². The summed E-state index contributed by atoms with van der Waals surface area (Å²) in [6, 6.07) is 0.304. The summed E-state index contributed by atoms with van der Waals surface area (Å²) in [6.45, 7) is 4.04. The van der Waals surface area contributed by atoms with Gasteiger partial charge < -0.3 is 14.7 Å². The van der Waals surface area contributed by atoms with Gasteiger partial charge in [-0.2, -0.15) is 0 Å². The zero-order valence-corrected chi connectivity index (χ0v) is 12.9. The second kappa shape index (κ2) is 7.07. The number of rotatable bonds is 3. The fraction of sp³-hybridized carbons (Fsp3) is 0.938. The number of hydrogen-bond acceptors (Lipinski definition) is 4. The van der Waals surface area contributed by atoms with Gasteiger partial charge in [-0.05, 0) is 38.1 Å². The fourth-order valence-corrected chi connectivity index (χ4v) is 4.13. The molecule has 1 saturated carbocycles. The Kier molecular flexibility index (Phi) is 5.14. The van der Waals surface area contributed by atoms with Crippen molar-refractivity contribution >= 4 is 5.91 Å². The quantitative estimate of drug-likeness (QED) is 0.839. The summed E-state index contributed by atoms with van der Waals surface area (Å²) < 4.78 is 5.85. The molecule has 5 nitrogen and oxygen atoms in total. The van der Waals surface area contributed by atoms with Crippen LogP contribution in [-0.2, 0) is 9.53 Å². The molecule has 2 heterocycles. The summed E-state index contributed by atoms with van der Waals surface area (Å²) >= 11 is 0. The minimum Gasteiger partial charge on any atom is -0.396 e. The molecule has 0 aromatic carbocycles. The van der Waals surface area contributed by atoms with E-state index in [1.165, 1.54) is 12.8 Å². The van der Waals surface area contributed by atoms with E-state index in [1.807, 2.05) is 0 Å². The number of fused-ring (bicyclic) bond motifs is 1. The van der Waals surface area contributed by atoms with Crippen LogP contribution < -0.4 is 0 Å². The van der Waals surface area contributed by atoms with Crippen LogP contribution in [0.5, 0.6) is 0 Å². The summed E-state index contributed by atoms with van der Waals surface area (Å²) in [5.41, 5.74) is 0. The number of ether oxygens (including phenoxy) is 1. The molecule has 3 atom stereocenters. The van der Waals surface area contributed by atoms with E-state index >= 15 is 0 Å². The van der Waals surface area contributed by atoms with E-state index in [2.05, 4.69) is 9.80 Å². The van der Waals surface area contributed by atoms with E-state index in [0.29, 0.717) is 25.1 Å². The van der Waals surface area contributed by atoms with E-state index in [9.17, 15) is 9.90 Å². The third-order valence-corrected chi connectivity index (χ3v) is 5.27. The van der Waals surface area contributed by atoms with Gasteiger partial charge in [0.05, 0.1) is 25.3 Å². The molecule has 120 valence electrons. The topological polar surface area (TPSA) is 53.0 Å². The number of hydrogen-bond donors (Lipinski definition) is 1. The van der Waals surface area contributed by atoms with Gasteiger partial charge in [0, 0.05) is 19.7 Å². The standard InChI is InChI=1S/C16H28N2O3/c19-12-13-4-3-7-17(10-13)11-16(20)18-8-9-21-15-6-2-1-5-14(15)18/h13-15,19H,1-12H2. The van der Waals surface area contributed by atoms with E-state index in [0.717, 1.165) is 45.3 Å². The summed E-state index contributed by atoms with van der Waals surface area (Å²) in [6.07, 6.45) is 7.08. The van der Waals surface area contributed by atoms with Crippen LogP contribution >= 0.6 is 0 Å². The molecular formula is C16H28N2O3. The number of aliphatic hydroxyl groups is 1. The first kappa shape index (κ1) is 15.3. The Morgan fingerprint density at radius 3 is 2.86 bits per heavy atom. The summed E-state index contributed by atoms with van der Waals surface area (Å²) in [7, 11) is 0. The highest BCUT2D eigenvalue weighted by molar-refractivity contribution is 5.78. The number of piperidine rings is 1. The van der Waals surface area contributed by atoms with Crippen molar-refractivity contribution in [1.29, 1.82) is 0 Å². The monoisotopic (exact) mass is 296 g/mol. The van der Waals surface area contributed by atoms with Crippen LogP contribution in [0.1, 0.15) is 38.5 Å². The predicted molar refractivity (Wildman–Crippen MR) is 80.0 cm³/mol. The highest BCUT2D eigenvalue weighted by Crippen LogP contribution is 2.28. The van der Waals surface area contributed by atoms with Gasteiger partial charge in [-0.15, -0.1) is 0 Å². The van der Waals surface area contributed by atoms with Crippen molar-refractivity contribution in [2.24, 2.45) is 5.92 Å². The van der Waals surface area contributed by atoms with Gasteiger partial charge in [0.2, 0.25) is 5.91 Å². The van der Waals surface area contributed by atoms with Crippen molar-refractivity contribution in [2.75, 3.05) is 39.4 Å². The maximum atomic E-state index is 12.7. The van der Waals surface area contributed by atoms with Crippen LogP contribution in [0.4, 0.5) is 0 Å². The first-order valence-electron chi connectivity index (χ1n) is 8.52. The molecule has 1 N–H and O–H groups in total. The summed E-state index contributed by atoms with van der Waals surface area (Å²) in [5.74, 6) is 0.604. The average Bonchev–Trinajstić information content (AvgIpc) is 2.54. The van der Waals surface area contributed by atoms with Crippen LogP contribution in [0.15, 0.2) is 0 Å². The largest absolute Gasteiger partial charge is 0.396 e. The van der Waals surface area contributed by atoms with Crippen molar-refractivity contribution in [3.8, 4) is 0 Å². The highest BCUT2D eigenvalue weighted by Gasteiger charge is 2.37. The van der Waals surface area contributed by atoms with Crippen LogP contribution in [0.2, 0.25) is 0 Å². The predicted octanol–water partition coefficient (Wildman–Crippen LogP) is 0.861. The number of likely N-dealkylation sites (tertiary alicyclic amines) is 1. The molecule has 0 bridgehead atoms. The maximum Gasteiger partial charge on any atom is 0.237 e. The number of amides is 1. The zero-order chi connectivity index (χ0) is 14.7. The lowest BCUT2D eigenvalue weighted by Gasteiger charge is -2.44. The van der Waals surface area contributed by atoms with Gasteiger partial charge >= 0.3 is 0 Å². The van der Waals surface area contributed by atoms with Gasteiger partial charge in [0.1, 0.15) is 0 Å². The van der Waals surface area contributed by atoms with Crippen molar-refractivity contribution < 1.29 is 14.6 Å². The first-order chi connectivity index (χ1) is 10.3. The minimum atomic E-state index is 0.243. The normalized spacial score (nSPS) is 34.5. The molecule has 1 aliphatic carbocycles. The summed E-state index contributed by atoms with van der Waals surface area (Å²) in [4.78, 5) is 17.0. The van der Waals surface area contributed by atoms with Crippen LogP contribution in [0.3, 0.4) is 0 Å². The van der Waals surface area contributed by atoms with Crippen molar-refractivity contribution in [1.82, 2.24) is 9.80 Å². The Morgan fingerprint density at radius 2 is 2.00 bits per heavy atom. The molecular weight excluding hydrogens is 268 g/mol. The number of morpholine rings is 1. The lowest BCUT2D eigenvalue weighted by molar-refractivity contribution is -0.151. The molecule has 3 unspecified atom stereocenters. The molecule has 5 heteroatoms. The molecule has 2 saturated heterocycles. The van der Waals surface area contributed by atoms with Crippen molar-refractivity contribution in [3.63, 3.8) is 0 Å². The van der Waals surface area contributed by atoms with E-state index < -0.39 is 0 Å². The van der Waals surface area contributed by atoms with Crippen molar-refractivity contribution in [3.05, 3.63) is 0 Å². The Morgan fingerprint density at radius 1 is 1.14 bits per heavy atom. The smallest absolute Gasteiger partial charge is 0.237 e. The first-order valence-corrected chi connectivity index (χ1v) is 8.52. The Hall–Kier alpha value is -0.650. The molecule has 0 aromatic rings. The van der Waals surface area contributed by atoms with Crippen molar-refractivity contribution in [2.45, 2.75) is 50.7 Å². The fourth-order valence-electron chi connectivity index (χ4n) is 4.13. The minimum absolute atomic E-state index is 0.243. The number of carbonyl (C=O) groups is 1. The maximum absolute atomic E-state index is 12.7. The van der Waals surface area contributed by atoms with Crippen LogP contribution in [-0.4, -0.2) is 72.4 Å². The molecule has 3 fully saturated rings. The van der Waals surface area contributed by atoms with Crippen LogP contribution in [0, 0.1) is 5.92 Å². The van der Waals surface area contributed by atoms with Gasteiger partial charge in [0.15, 0.2) is 0 Å². The second-order valence-corrected chi connectivity index (χ2v) is 6.77. The van der Waals surface area contributed by atoms with E-state index in [4.69, 9.17) is 4.74 Å². The molecule has 0 radical (unpaired) electrons. The highest BCUT2D eigenvalue weighted by atomic mass is 16.5. The van der Waals surface area contributed by atoms with Gasteiger partial charge in [-0.3, -0.25) is 9.69 Å². The zero-order valence-electron chi connectivity index (χ0n) is 12.9. The number of nitrogens with zero attached hydrogens (tertiary/aromatic N) is 2. The molecule has 3 aliphatic rings. The van der Waals surface area contributed by atoms with Gasteiger partial charge in [0.25, 0.3) is 0 Å². The molecule has 3 rings (SSSR count). The lowest BCUT2D eigenvalue weighted by atomic mass is 9.90. The molecule has 1 amide bonds. The second-order valence-electron chi connectivity index (χ2n) is 6.77. The molecule has 2 aliphatic heterocycles. The van der Waals surface area contributed by atoms with Gasteiger partial charge in [-0.25, -0.2) is 0 Å². The lowest BCUT2D eigenvalue weighted by Crippen LogP contribution is -2.57. The number of carbonyl (C=O) groups excluding carboxylic acids is 1. The molecule has 0 spiro atoms. The SMILES string of the molecule is O=C(CN1CCCC(CO)C1)N1CCOC2CCCCC21. The van der Waals surface area contributed by atoms with Crippen LogP contribution in [0.25, 0.3) is 0 Å².